The van der Waals surface area contributed by atoms with Crippen LogP contribution in [0.3, 0.4) is 0 Å². The second-order valence-corrected chi connectivity index (χ2v) is 6.85. The lowest BCUT2D eigenvalue weighted by atomic mass is 10.1. The zero-order chi connectivity index (χ0) is 16.2. The predicted octanol–water partition coefficient (Wildman–Crippen LogP) is 3.35. The lowest BCUT2D eigenvalue weighted by Crippen LogP contribution is -2.37. The van der Waals surface area contributed by atoms with Crippen LogP contribution in [0.25, 0.3) is 0 Å². The van der Waals surface area contributed by atoms with Crippen LogP contribution in [0.2, 0.25) is 0 Å². The third-order valence-electron chi connectivity index (χ3n) is 4.48. The van der Waals surface area contributed by atoms with Crippen LogP contribution in [-0.2, 0) is 7.05 Å². The molecule has 1 aliphatic heterocycles. The van der Waals surface area contributed by atoms with Crippen molar-refractivity contribution in [2.24, 2.45) is 7.05 Å². The quantitative estimate of drug-likeness (QED) is 0.869. The first-order valence-electron chi connectivity index (χ1n) is 8.05. The molecule has 2 aromatic rings. The zero-order valence-corrected chi connectivity index (χ0v) is 14.9. The highest BCUT2D eigenvalue weighted by atomic mass is 79.9. The van der Waals surface area contributed by atoms with E-state index in [2.05, 4.69) is 56.1 Å². The third kappa shape index (κ3) is 3.67. The monoisotopic (exact) mass is 375 g/mol. The molecule has 1 amide bonds. The van der Waals surface area contributed by atoms with E-state index in [1.807, 2.05) is 24.3 Å². The van der Waals surface area contributed by atoms with E-state index in [-0.39, 0.29) is 11.9 Å². The third-order valence-corrected chi connectivity index (χ3v) is 5.17. The highest BCUT2D eigenvalue weighted by molar-refractivity contribution is 9.10. The molecular formula is C18H22BrN3O. The van der Waals surface area contributed by atoms with Crippen molar-refractivity contribution in [1.29, 1.82) is 0 Å². The number of carbonyl (C=O) groups excluding carboxylic acids is 1. The van der Waals surface area contributed by atoms with Gasteiger partial charge in [-0.2, -0.15) is 0 Å². The van der Waals surface area contributed by atoms with Gasteiger partial charge in [-0.1, -0.05) is 12.1 Å². The van der Waals surface area contributed by atoms with Crippen LogP contribution in [0.5, 0.6) is 0 Å². The maximum atomic E-state index is 12.5. The molecule has 5 heteroatoms. The molecule has 0 radical (unpaired) electrons. The van der Waals surface area contributed by atoms with Gasteiger partial charge < -0.3 is 9.88 Å². The molecule has 0 spiro atoms. The van der Waals surface area contributed by atoms with Crippen molar-refractivity contribution in [2.45, 2.75) is 18.9 Å². The van der Waals surface area contributed by atoms with Crippen LogP contribution in [0.4, 0.5) is 0 Å². The number of nitrogens with zero attached hydrogens (tertiary/aromatic N) is 2. The summed E-state index contributed by atoms with van der Waals surface area (Å²) in [5.41, 5.74) is 1.93. The summed E-state index contributed by atoms with van der Waals surface area (Å²) < 4.78 is 2.97. The Morgan fingerprint density at radius 2 is 1.96 bits per heavy atom. The minimum Gasteiger partial charge on any atom is -0.353 e. The van der Waals surface area contributed by atoms with Gasteiger partial charge in [0, 0.05) is 30.0 Å². The van der Waals surface area contributed by atoms with E-state index in [4.69, 9.17) is 0 Å². The number of likely N-dealkylation sites (tertiary alicyclic amines) is 1. The van der Waals surface area contributed by atoms with Crippen LogP contribution in [0, 0.1) is 0 Å². The molecule has 1 N–H and O–H groups in total. The van der Waals surface area contributed by atoms with E-state index in [0.29, 0.717) is 12.1 Å². The van der Waals surface area contributed by atoms with Gasteiger partial charge in [-0.15, -0.1) is 0 Å². The minimum atomic E-state index is -0.0316. The Morgan fingerprint density at radius 3 is 2.61 bits per heavy atom. The summed E-state index contributed by atoms with van der Waals surface area (Å²) in [7, 11) is 2.06. The summed E-state index contributed by atoms with van der Waals surface area (Å²) in [5, 5.41) is 3.11. The highest BCUT2D eigenvalue weighted by Gasteiger charge is 2.25. The topological polar surface area (TPSA) is 37.3 Å². The molecule has 1 aromatic heterocycles. The molecule has 1 unspecified atom stereocenters. The van der Waals surface area contributed by atoms with Crippen molar-refractivity contribution < 1.29 is 4.79 Å². The average molecular weight is 376 g/mol. The molecule has 1 saturated heterocycles. The molecule has 1 aliphatic rings. The summed E-state index contributed by atoms with van der Waals surface area (Å²) in [6.45, 7) is 2.82. The number of aryl methyl sites for hydroxylation is 1. The van der Waals surface area contributed by atoms with Crippen molar-refractivity contribution in [3.05, 3.63) is 58.3 Å². The fourth-order valence-electron chi connectivity index (χ4n) is 3.22. The zero-order valence-electron chi connectivity index (χ0n) is 13.3. The Bertz CT molecular complexity index is 676. The number of benzene rings is 1. The maximum Gasteiger partial charge on any atom is 0.252 e. The van der Waals surface area contributed by atoms with Crippen molar-refractivity contribution in [1.82, 2.24) is 14.8 Å². The van der Waals surface area contributed by atoms with Crippen LogP contribution in [0.1, 0.15) is 34.9 Å². The molecular weight excluding hydrogens is 354 g/mol. The molecule has 2 heterocycles. The van der Waals surface area contributed by atoms with Crippen molar-refractivity contribution in [2.75, 3.05) is 19.6 Å². The standard InChI is InChI=1S/C18H22BrN3O/c1-21-10-6-9-16(21)17(22-11-4-5-12-22)13-20-18(23)14-7-2-3-8-15(14)19/h2-3,6-10,17H,4-5,11-13H2,1H3,(H,20,23). The number of halogens is 1. The van der Waals surface area contributed by atoms with Crippen LogP contribution >= 0.6 is 15.9 Å². The first kappa shape index (κ1) is 16.3. The van der Waals surface area contributed by atoms with Gasteiger partial charge in [-0.25, -0.2) is 0 Å². The highest BCUT2D eigenvalue weighted by Crippen LogP contribution is 2.25. The first-order valence-corrected chi connectivity index (χ1v) is 8.84. The molecule has 23 heavy (non-hydrogen) atoms. The SMILES string of the molecule is Cn1cccc1C(CNC(=O)c1ccccc1Br)N1CCCC1. The van der Waals surface area contributed by atoms with E-state index in [1.165, 1.54) is 18.5 Å². The average Bonchev–Trinajstić information content (AvgIpc) is 3.21. The van der Waals surface area contributed by atoms with E-state index in [0.717, 1.165) is 17.6 Å². The molecule has 0 bridgehead atoms. The second-order valence-electron chi connectivity index (χ2n) is 5.99. The maximum absolute atomic E-state index is 12.5. The van der Waals surface area contributed by atoms with Gasteiger partial charge in [0.1, 0.15) is 0 Å². The summed E-state index contributed by atoms with van der Waals surface area (Å²) in [6, 6.07) is 12.0. The van der Waals surface area contributed by atoms with Crippen molar-refractivity contribution >= 4 is 21.8 Å². The van der Waals surface area contributed by atoms with Gasteiger partial charge in [0.15, 0.2) is 0 Å². The Morgan fingerprint density at radius 1 is 1.22 bits per heavy atom. The number of aromatic nitrogens is 1. The molecule has 1 fully saturated rings. The van der Waals surface area contributed by atoms with Gasteiger partial charge in [0.25, 0.3) is 5.91 Å². The second kappa shape index (κ2) is 7.32. The number of nitrogens with one attached hydrogen (secondary N) is 1. The number of amides is 1. The lowest BCUT2D eigenvalue weighted by molar-refractivity contribution is 0.0936. The van der Waals surface area contributed by atoms with Gasteiger partial charge >= 0.3 is 0 Å². The number of hydrogen-bond donors (Lipinski definition) is 1. The summed E-state index contributed by atoms with van der Waals surface area (Å²) >= 11 is 3.45. The summed E-state index contributed by atoms with van der Waals surface area (Å²) in [4.78, 5) is 14.9. The Labute approximate surface area is 145 Å². The molecule has 4 nitrogen and oxygen atoms in total. The normalized spacial score (nSPS) is 16.4. The molecule has 1 atom stereocenters. The first-order chi connectivity index (χ1) is 11.2. The number of hydrogen-bond acceptors (Lipinski definition) is 2. The van der Waals surface area contributed by atoms with Gasteiger partial charge in [-0.05, 0) is 66.1 Å². The van der Waals surface area contributed by atoms with Gasteiger partial charge in [-0.3, -0.25) is 9.69 Å². The summed E-state index contributed by atoms with van der Waals surface area (Å²) in [5.74, 6) is -0.0316. The van der Waals surface area contributed by atoms with Crippen molar-refractivity contribution in [3.63, 3.8) is 0 Å². The fraction of sp³-hybridized carbons (Fsp3) is 0.389. The smallest absolute Gasteiger partial charge is 0.252 e. The number of rotatable bonds is 5. The predicted molar refractivity (Wildman–Crippen MR) is 95.4 cm³/mol. The van der Waals surface area contributed by atoms with Gasteiger partial charge in [0.05, 0.1) is 11.6 Å². The van der Waals surface area contributed by atoms with Gasteiger partial charge in [0.2, 0.25) is 0 Å². The van der Waals surface area contributed by atoms with E-state index in [1.54, 1.807) is 0 Å². The van der Waals surface area contributed by atoms with E-state index in [9.17, 15) is 4.79 Å². The molecule has 3 rings (SSSR count). The Balaban J connectivity index is 1.73. The lowest BCUT2D eigenvalue weighted by Gasteiger charge is -2.28. The molecule has 0 aliphatic carbocycles. The van der Waals surface area contributed by atoms with E-state index >= 15 is 0 Å². The molecule has 0 saturated carbocycles. The van der Waals surface area contributed by atoms with E-state index < -0.39 is 0 Å². The molecule has 1 aromatic carbocycles. The Kier molecular flexibility index (Phi) is 5.18. The van der Waals surface area contributed by atoms with Crippen LogP contribution < -0.4 is 5.32 Å². The largest absolute Gasteiger partial charge is 0.353 e. The van der Waals surface area contributed by atoms with Crippen LogP contribution in [0.15, 0.2) is 47.1 Å². The minimum absolute atomic E-state index is 0.0316. The Hall–Kier alpha value is -1.59. The molecule has 122 valence electrons. The fourth-order valence-corrected chi connectivity index (χ4v) is 3.69. The number of carbonyl (C=O) groups is 1. The summed E-state index contributed by atoms with van der Waals surface area (Å²) in [6.07, 6.45) is 4.53. The van der Waals surface area contributed by atoms with Crippen molar-refractivity contribution in [3.8, 4) is 0 Å². The van der Waals surface area contributed by atoms with Crippen LogP contribution in [-0.4, -0.2) is 35.0 Å².